The van der Waals surface area contributed by atoms with E-state index in [0.717, 1.165) is 23.7 Å². The molecule has 0 heterocycles. The zero-order valence-electron chi connectivity index (χ0n) is 7.45. The molecule has 0 aliphatic heterocycles. The number of hydrogen-bond acceptors (Lipinski definition) is 0. The highest BCUT2D eigenvalue weighted by atomic mass is 14.4. The van der Waals surface area contributed by atoms with Crippen LogP contribution in [-0.4, -0.2) is 0 Å². The van der Waals surface area contributed by atoms with E-state index in [0.29, 0.717) is 0 Å². The van der Waals surface area contributed by atoms with E-state index < -0.39 is 0 Å². The number of fused-ring (bicyclic) bond motifs is 1. The molecule has 4 atom stereocenters. The lowest BCUT2D eigenvalue weighted by Gasteiger charge is -2.45. The van der Waals surface area contributed by atoms with E-state index in [-0.39, 0.29) is 0 Å². The topological polar surface area (TPSA) is 0 Å². The van der Waals surface area contributed by atoms with Crippen LogP contribution in [-0.2, 0) is 0 Å². The van der Waals surface area contributed by atoms with Gasteiger partial charge in [0.1, 0.15) is 0 Å². The Bertz CT molecular complexity index is 236. The Morgan fingerprint density at radius 3 is 2.42 bits per heavy atom. The molecular formula is C12H16. The Balaban J connectivity index is 1.98. The largest absolute Gasteiger partial charge is 0.0882 e. The quantitative estimate of drug-likeness (QED) is 0.477. The molecule has 0 unspecified atom stereocenters. The number of hydrogen-bond donors (Lipinski definition) is 0. The summed E-state index contributed by atoms with van der Waals surface area (Å²) in [6.07, 6.45) is 15.6. The molecule has 64 valence electrons. The van der Waals surface area contributed by atoms with Crippen molar-refractivity contribution in [1.29, 1.82) is 0 Å². The lowest BCUT2D eigenvalue weighted by atomic mass is 9.60. The van der Waals surface area contributed by atoms with Gasteiger partial charge in [0.05, 0.1) is 0 Å². The van der Waals surface area contributed by atoms with E-state index in [2.05, 4.69) is 24.3 Å². The van der Waals surface area contributed by atoms with Gasteiger partial charge in [0.25, 0.3) is 0 Å². The molecule has 12 heavy (non-hydrogen) atoms. The maximum absolute atomic E-state index is 2.49. The van der Waals surface area contributed by atoms with Crippen LogP contribution in [0.4, 0.5) is 0 Å². The van der Waals surface area contributed by atoms with Crippen LogP contribution in [0.3, 0.4) is 0 Å². The molecule has 0 aromatic rings. The summed E-state index contributed by atoms with van der Waals surface area (Å²) in [5.41, 5.74) is 0. The van der Waals surface area contributed by atoms with Crippen LogP contribution in [0, 0.1) is 23.7 Å². The Labute approximate surface area is 74.4 Å². The van der Waals surface area contributed by atoms with Gasteiger partial charge in [0, 0.05) is 0 Å². The first-order chi connectivity index (χ1) is 5.95. The van der Waals surface area contributed by atoms with Crippen molar-refractivity contribution in [2.45, 2.75) is 25.7 Å². The second kappa shape index (κ2) is 2.48. The van der Waals surface area contributed by atoms with E-state index in [1.54, 1.807) is 0 Å². The molecule has 0 N–H and O–H groups in total. The molecule has 4 aliphatic carbocycles. The highest BCUT2D eigenvalue weighted by Gasteiger charge is 2.39. The lowest BCUT2D eigenvalue weighted by Crippen LogP contribution is -2.36. The summed E-state index contributed by atoms with van der Waals surface area (Å²) in [6.45, 7) is 0. The Morgan fingerprint density at radius 2 is 1.67 bits per heavy atom. The normalized spacial score (nSPS) is 49.3. The zero-order valence-corrected chi connectivity index (χ0v) is 7.45. The fourth-order valence-corrected chi connectivity index (χ4v) is 3.38. The van der Waals surface area contributed by atoms with Gasteiger partial charge >= 0.3 is 0 Å². The van der Waals surface area contributed by atoms with Crippen molar-refractivity contribution in [3.8, 4) is 0 Å². The average Bonchev–Trinajstić information content (AvgIpc) is 2.20. The molecule has 4 rings (SSSR count). The van der Waals surface area contributed by atoms with Gasteiger partial charge in [-0.25, -0.2) is 0 Å². The highest BCUT2D eigenvalue weighted by molar-refractivity contribution is 5.16. The van der Waals surface area contributed by atoms with E-state index in [4.69, 9.17) is 0 Å². The van der Waals surface area contributed by atoms with Crippen molar-refractivity contribution in [2.24, 2.45) is 23.7 Å². The molecule has 0 aromatic carbocycles. The fraction of sp³-hybridized carbons (Fsp3) is 0.667. The van der Waals surface area contributed by atoms with Gasteiger partial charge in [-0.1, -0.05) is 24.3 Å². The summed E-state index contributed by atoms with van der Waals surface area (Å²) in [5, 5.41) is 0. The van der Waals surface area contributed by atoms with Gasteiger partial charge in [-0.3, -0.25) is 0 Å². The van der Waals surface area contributed by atoms with Gasteiger partial charge < -0.3 is 0 Å². The minimum Gasteiger partial charge on any atom is -0.0882 e. The average molecular weight is 160 g/mol. The van der Waals surface area contributed by atoms with E-state index in [1.165, 1.54) is 25.7 Å². The van der Waals surface area contributed by atoms with Crippen molar-refractivity contribution in [3.05, 3.63) is 24.3 Å². The molecule has 0 heteroatoms. The van der Waals surface area contributed by atoms with E-state index in [1.807, 2.05) is 0 Å². The van der Waals surface area contributed by atoms with Crippen molar-refractivity contribution in [3.63, 3.8) is 0 Å². The third-order valence-corrected chi connectivity index (χ3v) is 4.00. The Kier molecular flexibility index (Phi) is 1.44. The minimum absolute atomic E-state index is 0.900. The maximum Gasteiger partial charge on any atom is -0.0136 e. The molecule has 0 radical (unpaired) electrons. The van der Waals surface area contributed by atoms with E-state index >= 15 is 0 Å². The molecule has 0 saturated heterocycles. The fourth-order valence-electron chi connectivity index (χ4n) is 3.38. The van der Waals surface area contributed by atoms with Gasteiger partial charge in [0.15, 0.2) is 0 Å². The van der Waals surface area contributed by atoms with Gasteiger partial charge in [-0.15, -0.1) is 0 Å². The van der Waals surface area contributed by atoms with Crippen LogP contribution in [0.5, 0.6) is 0 Å². The van der Waals surface area contributed by atoms with Crippen LogP contribution in [0.2, 0.25) is 0 Å². The van der Waals surface area contributed by atoms with Crippen LogP contribution in [0.15, 0.2) is 24.3 Å². The highest BCUT2D eigenvalue weighted by Crippen LogP contribution is 2.48. The summed E-state index contributed by atoms with van der Waals surface area (Å²) in [5.74, 6) is 3.77. The van der Waals surface area contributed by atoms with Crippen LogP contribution < -0.4 is 0 Å². The summed E-state index contributed by atoms with van der Waals surface area (Å²) >= 11 is 0. The zero-order chi connectivity index (χ0) is 7.97. The lowest BCUT2D eigenvalue weighted by molar-refractivity contribution is 0.143. The first-order valence-electron chi connectivity index (χ1n) is 5.30. The third-order valence-electron chi connectivity index (χ3n) is 4.00. The van der Waals surface area contributed by atoms with Crippen LogP contribution in [0.25, 0.3) is 0 Å². The Morgan fingerprint density at radius 1 is 0.833 bits per heavy atom. The molecular weight excluding hydrogens is 144 g/mol. The van der Waals surface area contributed by atoms with Gasteiger partial charge in [-0.05, 0) is 49.4 Å². The predicted molar refractivity (Wildman–Crippen MR) is 50.7 cm³/mol. The van der Waals surface area contributed by atoms with Gasteiger partial charge in [0.2, 0.25) is 0 Å². The molecule has 0 spiro atoms. The smallest absolute Gasteiger partial charge is 0.0136 e. The Hall–Kier alpha value is -0.520. The SMILES string of the molecule is C1=C[C@H]2[C@@H](CC1)[C@@H]1C=C[C@H]2CC1. The van der Waals surface area contributed by atoms with Crippen molar-refractivity contribution >= 4 is 0 Å². The van der Waals surface area contributed by atoms with Crippen LogP contribution in [0.1, 0.15) is 25.7 Å². The second-order valence-electron chi connectivity index (χ2n) is 4.54. The molecule has 1 saturated carbocycles. The molecule has 1 fully saturated rings. The van der Waals surface area contributed by atoms with Crippen LogP contribution >= 0.6 is 0 Å². The second-order valence-corrected chi connectivity index (χ2v) is 4.54. The number of allylic oxidation sites excluding steroid dienone is 4. The summed E-state index contributed by atoms with van der Waals surface area (Å²) in [6, 6.07) is 0. The van der Waals surface area contributed by atoms with Crippen molar-refractivity contribution < 1.29 is 0 Å². The first-order valence-corrected chi connectivity index (χ1v) is 5.30. The molecule has 0 aromatic heterocycles. The third kappa shape index (κ3) is 0.840. The molecule has 2 bridgehead atoms. The summed E-state index contributed by atoms with van der Waals surface area (Å²) in [4.78, 5) is 0. The van der Waals surface area contributed by atoms with Crippen molar-refractivity contribution in [1.82, 2.24) is 0 Å². The monoisotopic (exact) mass is 160 g/mol. The van der Waals surface area contributed by atoms with Gasteiger partial charge in [-0.2, -0.15) is 0 Å². The standard InChI is InChI=1S/C12H16/c1-2-4-12-10-7-5-9(6-8-10)11(12)3-1/h1,3,5,7,9-12H,2,4,6,8H2/t9-,10+,11+,12-/m0/s1. The summed E-state index contributed by atoms with van der Waals surface area (Å²) < 4.78 is 0. The minimum atomic E-state index is 0.900. The maximum atomic E-state index is 2.49. The van der Waals surface area contributed by atoms with Crippen molar-refractivity contribution in [2.75, 3.05) is 0 Å². The molecule has 4 aliphatic rings. The molecule has 0 amide bonds. The first kappa shape index (κ1) is 6.94. The number of rotatable bonds is 0. The van der Waals surface area contributed by atoms with E-state index in [9.17, 15) is 0 Å². The summed E-state index contributed by atoms with van der Waals surface area (Å²) in [7, 11) is 0. The predicted octanol–water partition coefficient (Wildman–Crippen LogP) is 3.16. The molecule has 0 nitrogen and oxygen atoms in total.